The fraction of sp³-hybridized carbons (Fsp3) is 0.353. The van der Waals surface area contributed by atoms with Crippen LogP contribution in [0.15, 0.2) is 30.6 Å². The summed E-state index contributed by atoms with van der Waals surface area (Å²) in [6.07, 6.45) is 4.84. The number of aryl methyl sites for hydroxylation is 1. The number of aromatic nitrogens is 3. The van der Waals surface area contributed by atoms with E-state index in [1.54, 1.807) is 12.4 Å². The first kappa shape index (κ1) is 15.5. The van der Waals surface area contributed by atoms with E-state index in [0.29, 0.717) is 18.8 Å². The summed E-state index contributed by atoms with van der Waals surface area (Å²) >= 11 is 0. The first-order valence-corrected chi connectivity index (χ1v) is 8.20. The van der Waals surface area contributed by atoms with Gasteiger partial charge in [-0.3, -0.25) is 15.1 Å². The molecule has 128 valence electrons. The molecule has 2 aromatic rings. The van der Waals surface area contributed by atoms with Crippen molar-refractivity contribution in [3.8, 4) is 11.4 Å². The quantitative estimate of drug-likeness (QED) is 0.793. The molecule has 2 aromatic heterocycles. The Hall–Kier alpha value is -3.03. The number of carbonyl (C=O) groups is 2. The molecule has 2 fully saturated rings. The maximum Gasteiger partial charge on any atom is 0.322 e. The van der Waals surface area contributed by atoms with Gasteiger partial charge in [0.2, 0.25) is 0 Å². The van der Waals surface area contributed by atoms with Gasteiger partial charge in [-0.1, -0.05) is 0 Å². The molecule has 4 rings (SSSR count). The van der Waals surface area contributed by atoms with Gasteiger partial charge >= 0.3 is 6.03 Å². The number of urea groups is 1. The van der Waals surface area contributed by atoms with Crippen LogP contribution in [0, 0.1) is 6.92 Å². The van der Waals surface area contributed by atoms with Crippen LogP contribution in [-0.2, 0) is 4.79 Å². The fourth-order valence-electron chi connectivity index (χ4n) is 3.40. The molecule has 0 saturated carbocycles. The second-order valence-corrected chi connectivity index (χ2v) is 6.45. The number of nitrogens with one attached hydrogen (secondary N) is 2. The average molecular weight is 338 g/mol. The van der Waals surface area contributed by atoms with E-state index >= 15 is 0 Å². The van der Waals surface area contributed by atoms with Crippen molar-refractivity contribution >= 4 is 17.8 Å². The minimum atomic E-state index is -0.872. The third kappa shape index (κ3) is 2.79. The number of hydrogen-bond donors (Lipinski definition) is 2. The predicted octanol–water partition coefficient (Wildman–Crippen LogP) is 1.03. The molecule has 1 spiro atoms. The summed E-state index contributed by atoms with van der Waals surface area (Å²) in [5.41, 5.74) is 0.803. The number of rotatable bonds is 2. The lowest BCUT2D eigenvalue weighted by Gasteiger charge is -2.38. The first-order chi connectivity index (χ1) is 12.1. The van der Waals surface area contributed by atoms with Crippen LogP contribution in [0.3, 0.4) is 0 Å². The Kier molecular flexibility index (Phi) is 3.60. The molecule has 0 radical (unpaired) electrons. The van der Waals surface area contributed by atoms with Gasteiger partial charge in [0.1, 0.15) is 11.4 Å². The number of pyridine rings is 1. The Morgan fingerprint density at radius 3 is 2.88 bits per heavy atom. The first-order valence-electron chi connectivity index (χ1n) is 8.20. The number of hydrogen-bond acceptors (Lipinski definition) is 6. The van der Waals surface area contributed by atoms with Crippen molar-refractivity contribution in [3.63, 3.8) is 0 Å². The molecular weight excluding hydrogens is 320 g/mol. The number of nitrogens with zero attached hydrogens (tertiary/aromatic N) is 4. The second-order valence-electron chi connectivity index (χ2n) is 6.45. The molecule has 0 bridgehead atoms. The predicted molar refractivity (Wildman–Crippen MR) is 90.9 cm³/mol. The average Bonchev–Trinajstić information content (AvgIpc) is 2.88. The summed E-state index contributed by atoms with van der Waals surface area (Å²) in [5, 5.41) is 5.13. The molecule has 2 N–H and O–H groups in total. The molecule has 8 heteroatoms. The monoisotopic (exact) mass is 338 g/mol. The summed E-state index contributed by atoms with van der Waals surface area (Å²) in [5.74, 6) is 1.09. The summed E-state index contributed by atoms with van der Waals surface area (Å²) in [6.45, 7) is 3.08. The van der Waals surface area contributed by atoms with Gasteiger partial charge in [-0.2, -0.15) is 0 Å². The van der Waals surface area contributed by atoms with Gasteiger partial charge < -0.3 is 10.2 Å². The van der Waals surface area contributed by atoms with Crippen LogP contribution in [0.25, 0.3) is 11.4 Å². The summed E-state index contributed by atoms with van der Waals surface area (Å²) < 4.78 is 0. The lowest BCUT2D eigenvalue weighted by Crippen LogP contribution is -2.58. The summed E-state index contributed by atoms with van der Waals surface area (Å²) in [7, 11) is 0. The molecule has 3 amide bonds. The number of amides is 3. The largest absolute Gasteiger partial charge is 0.354 e. The third-order valence-electron chi connectivity index (χ3n) is 4.59. The Balaban J connectivity index is 1.67. The molecular formula is C17H18N6O2. The standard InChI is InChI=1S/C17H18N6O2/c1-11-8-13(20-14(19-11)12-4-2-6-18-9-12)23-7-3-5-17(10-23)15(24)21-16(25)22-17/h2,4,6,8-9H,3,5,7,10H2,1H3,(H2,21,22,24,25). The minimum Gasteiger partial charge on any atom is -0.354 e. The molecule has 2 aliphatic rings. The molecule has 1 unspecified atom stereocenters. The molecule has 0 aromatic carbocycles. The van der Waals surface area contributed by atoms with Crippen LogP contribution in [0.1, 0.15) is 18.5 Å². The van der Waals surface area contributed by atoms with E-state index in [0.717, 1.165) is 30.0 Å². The highest BCUT2D eigenvalue weighted by Crippen LogP contribution is 2.28. The Bertz CT molecular complexity index is 840. The highest BCUT2D eigenvalue weighted by molar-refractivity contribution is 6.07. The van der Waals surface area contributed by atoms with Gasteiger partial charge in [-0.05, 0) is 31.9 Å². The van der Waals surface area contributed by atoms with Crippen molar-refractivity contribution in [2.45, 2.75) is 25.3 Å². The maximum atomic E-state index is 12.2. The van der Waals surface area contributed by atoms with E-state index in [2.05, 4.69) is 25.6 Å². The normalized spacial score (nSPS) is 22.8. The molecule has 2 aliphatic heterocycles. The van der Waals surface area contributed by atoms with Gasteiger partial charge in [-0.15, -0.1) is 0 Å². The van der Waals surface area contributed by atoms with E-state index in [-0.39, 0.29) is 5.91 Å². The van der Waals surface area contributed by atoms with Crippen molar-refractivity contribution in [2.24, 2.45) is 0 Å². The highest BCUT2D eigenvalue weighted by Gasteiger charge is 2.48. The van der Waals surface area contributed by atoms with Crippen LogP contribution < -0.4 is 15.5 Å². The minimum absolute atomic E-state index is 0.263. The van der Waals surface area contributed by atoms with Crippen molar-refractivity contribution in [2.75, 3.05) is 18.0 Å². The van der Waals surface area contributed by atoms with Crippen LogP contribution in [-0.4, -0.2) is 45.5 Å². The topological polar surface area (TPSA) is 100 Å². The van der Waals surface area contributed by atoms with Crippen LogP contribution in [0.2, 0.25) is 0 Å². The van der Waals surface area contributed by atoms with Crippen LogP contribution >= 0.6 is 0 Å². The third-order valence-corrected chi connectivity index (χ3v) is 4.59. The van der Waals surface area contributed by atoms with Gasteiger partial charge in [0.05, 0.1) is 6.54 Å². The lowest BCUT2D eigenvalue weighted by atomic mass is 9.89. The lowest BCUT2D eigenvalue weighted by molar-refractivity contribution is -0.124. The molecule has 25 heavy (non-hydrogen) atoms. The highest BCUT2D eigenvalue weighted by atomic mass is 16.2. The Morgan fingerprint density at radius 1 is 1.28 bits per heavy atom. The number of piperidine rings is 1. The summed E-state index contributed by atoms with van der Waals surface area (Å²) in [4.78, 5) is 39.1. The van der Waals surface area contributed by atoms with E-state index in [1.165, 1.54) is 0 Å². The SMILES string of the molecule is Cc1cc(N2CCCC3(C2)NC(=O)NC3=O)nc(-c2cccnc2)n1. The molecule has 2 saturated heterocycles. The van der Waals surface area contributed by atoms with Crippen molar-refractivity contribution < 1.29 is 9.59 Å². The smallest absolute Gasteiger partial charge is 0.322 e. The zero-order valence-electron chi connectivity index (χ0n) is 13.8. The van der Waals surface area contributed by atoms with Crippen molar-refractivity contribution in [1.29, 1.82) is 0 Å². The maximum absolute atomic E-state index is 12.2. The molecule has 1 atom stereocenters. The van der Waals surface area contributed by atoms with E-state index in [9.17, 15) is 9.59 Å². The van der Waals surface area contributed by atoms with Crippen LogP contribution in [0.4, 0.5) is 10.6 Å². The van der Waals surface area contributed by atoms with Crippen LogP contribution in [0.5, 0.6) is 0 Å². The Morgan fingerprint density at radius 2 is 2.16 bits per heavy atom. The van der Waals surface area contributed by atoms with Gasteiger partial charge in [-0.25, -0.2) is 14.8 Å². The number of carbonyl (C=O) groups excluding carboxylic acids is 2. The van der Waals surface area contributed by atoms with E-state index < -0.39 is 11.6 Å². The number of anilines is 1. The molecule has 0 aliphatic carbocycles. The zero-order valence-corrected chi connectivity index (χ0v) is 13.8. The van der Waals surface area contributed by atoms with Crippen molar-refractivity contribution in [3.05, 3.63) is 36.3 Å². The Labute approximate surface area is 144 Å². The summed E-state index contributed by atoms with van der Waals surface area (Å²) in [6, 6.07) is 5.22. The van der Waals surface area contributed by atoms with E-state index in [1.807, 2.05) is 30.0 Å². The molecule has 8 nitrogen and oxygen atoms in total. The molecule has 4 heterocycles. The zero-order chi connectivity index (χ0) is 17.4. The van der Waals surface area contributed by atoms with Crippen molar-refractivity contribution in [1.82, 2.24) is 25.6 Å². The number of imide groups is 1. The van der Waals surface area contributed by atoms with Gasteiger partial charge in [0.25, 0.3) is 5.91 Å². The van der Waals surface area contributed by atoms with Gasteiger partial charge in [0, 0.05) is 36.3 Å². The second kappa shape index (κ2) is 5.80. The van der Waals surface area contributed by atoms with E-state index in [4.69, 9.17) is 0 Å². The van der Waals surface area contributed by atoms with Gasteiger partial charge in [0.15, 0.2) is 5.82 Å². The fourth-order valence-corrected chi connectivity index (χ4v) is 3.40.